The molecule has 0 amide bonds. The third-order valence-corrected chi connectivity index (χ3v) is 7.09. The number of aromatic nitrogens is 5. The van der Waals surface area contributed by atoms with Crippen LogP contribution >= 0.6 is 0 Å². The quantitative estimate of drug-likeness (QED) is 0.426. The fraction of sp³-hybridized carbons (Fsp3) is 0.542. The van der Waals surface area contributed by atoms with E-state index in [0.717, 1.165) is 75.6 Å². The Morgan fingerprint density at radius 3 is 2.69 bits per heavy atom. The van der Waals surface area contributed by atoms with Crippen molar-refractivity contribution in [1.82, 2.24) is 34.3 Å². The van der Waals surface area contributed by atoms with Gasteiger partial charge in [-0.2, -0.15) is 0 Å². The molecule has 3 aromatic heterocycles. The number of H-pyrrole nitrogens is 1. The van der Waals surface area contributed by atoms with E-state index in [1.54, 1.807) is 6.20 Å². The SMILES string of the molecule is O=C([C@H]1CCCN1)n1c(=O)n(C2CC2)c(=O)c2[nH]c(-c3ccc(NCCN4CCOCC4)nc3)nc21. The number of fused-ring (bicyclic) bond motifs is 1. The van der Waals surface area contributed by atoms with Crippen LogP contribution in [0.3, 0.4) is 0 Å². The highest BCUT2D eigenvalue weighted by atomic mass is 16.5. The zero-order chi connectivity index (χ0) is 24.6. The van der Waals surface area contributed by atoms with Gasteiger partial charge in [0, 0.05) is 44.0 Å². The first-order valence-electron chi connectivity index (χ1n) is 12.7. The summed E-state index contributed by atoms with van der Waals surface area (Å²) in [6.45, 7) is 5.81. The summed E-state index contributed by atoms with van der Waals surface area (Å²) in [5.74, 6) is 0.759. The second-order valence-electron chi connectivity index (χ2n) is 9.61. The average Bonchev–Trinajstić information content (AvgIpc) is 3.38. The summed E-state index contributed by atoms with van der Waals surface area (Å²) in [5.41, 5.74) is -0.148. The van der Waals surface area contributed by atoms with Crippen molar-refractivity contribution in [2.24, 2.45) is 0 Å². The summed E-state index contributed by atoms with van der Waals surface area (Å²) in [4.78, 5) is 54.2. The van der Waals surface area contributed by atoms with Crippen molar-refractivity contribution < 1.29 is 9.53 Å². The van der Waals surface area contributed by atoms with Gasteiger partial charge in [0.05, 0.1) is 19.3 Å². The second kappa shape index (κ2) is 9.60. The number of carbonyl (C=O) groups is 1. The van der Waals surface area contributed by atoms with E-state index in [9.17, 15) is 14.4 Å². The monoisotopic (exact) mass is 494 g/mol. The zero-order valence-corrected chi connectivity index (χ0v) is 20.0. The van der Waals surface area contributed by atoms with Crippen LogP contribution in [0.5, 0.6) is 0 Å². The molecule has 2 aliphatic heterocycles. The highest BCUT2D eigenvalue weighted by Crippen LogP contribution is 2.32. The maximum Gasteiger partial charge on any atom is 0.339 e. The molecule has 2 saturated heterocycles. The number of hydrogen-bond donors (Lipinski definition) is 3. The lowest BCUT2D eigenvalue weighted by atomic mass is 10.2. The lowest BCUT2D eigenvalue weighted by Gasteiger charge is -2.26. The minimum atomic E-state index is -0.607. The van der Waals surface area contributed by atoms with E-state index < -0.39 is 17.3 Å². The Kier molecular flexibility index (Phi) is 6.15. The molecule has 1 saturated carbocycles. The van der Waals surface area contributed by atoms with Crippen LogP contribution in [0.1, 0.15) is 36.5 Å². The van der Waals surface area contributed by atoms with Gasteiger partial charge in [0.1, 0.15) is 11.6 Å². The molecular weight excluding hydrogens is 464 g/mol. The summed E-state index contributed by atoms with van der Waals surface area (Å²) >= 11 is 0. The minimum Gasteiger partial charge on any atom is -0.379 e. The summed E-state index contributed by atoms with van der Waals surface area (Å²) < 4.78 is 7.66. The lowest BCUT2D eigenvalue weighted by Crippen LogP contribution is -2.46. The van der Waals surface area contributed by atoms with Gasteiger partial charge in [-0.3, -0.25) is 19.1 Å². The Morgan fingerprint density at radius 1 is 1.17 bits per heavy atom. The van der Waals surface area contributed by atoms with Gasteiger partial charge in [0.2, 0.25) is 0 Å². The summed E-state index contributed by atoms with van der Waals surface area (Å²) in [6.07, 6.45) is 4.68. The molecule has 0 bridgehead atoms. The first kappa shape index (κ1) is 23.1. The third kappa shape index (κ3) is 4.36. The number of nitrogens with one attached hydrogen (secondary N) is 3. The standard InChI is InChI=1S/C24H30N8O4/c33-22(17-2-1-7-25-17)32-21-19(23(34)31(24(32)35)16-4-5-16)28-20(29-21)15-3-6-18(27-14-15)26-8-9-30-10-12-36-13-11-30/h3,6,14,16-17,25H,1-2,4-5,7-13H2,(H,26,27)(H,28,29)/t17-/m1/s1. The molecule has 3 fully saturated rings. The van der Waals surface area contributed by atoms with Gasteiger partial charge < -0.3 is 20.4 Å². The lowest BCUT2D eigenvalue weighted by molar-refractivity contribution is 0.0398. The predicted octanol–water partition coefficient (Wildman–Crippen LogP) is 0.420. The maximum absolute atomic E-state index is 13.3. The van der Waals surface area contributed by atoms with E-state index in [4.69, 9.17) is 4.74 Å². The van der Waals surface area contributed by atoms with Crippen molar-refractivity contribution in [2.45, 2.75) is 37.8 Å². The molecule has 0 spiro atoms. The van der Waals surface area contributed by atoms with E-state index in [0.29, 0.717) is 17.8 Å². The van der Waals surface area contributed by atoms with Crippen molar-refractivity contribution in [2.75, 3.05) is 51.3 Å². The Hall–Kier alpha value is -3.35. The van der Waals surface area contributed by atoms with Crippen molar-refractivity contribution in [3.63, 3.8) is 0 Å². The second-order valence-corrected chi connectivity index (χ2v) is 9.61. The molecule has 3 aromatic rings. The van der Waals surface area contributed by atoms with Crippen LogP contribution in [-0.4, -0.2) is 86.9 Å². The van der Waals surface area contributed by atoms with Gasteiger partial charge in [-0.25, -0.2) is 19.3 Å². The number of ether oxygens (including phenoxy) is 1. The van der Waals surface area contributed by atoms with E-state index in [1.165, 1.54) is 4.57 Å². The van der Waals surface area contributed by atoms with Crippen molar-refractivity contribution in [3.05, 3.63) is 39.2 Å². The van der Waals surface area contributed by atoms with E-state index in [1.807, 2.05) is 12.1 Å². The number of pyridine rings is 1. The van der Waals surface area contributed by atoms with Crippen LogP contribution in [0.4, 0.5) is 5.82 Å². The molecule has 0 unspecified atom stereocenters. The number of imidazole rings is 1. The smallest absolute Gasteiger partial charge is 0.339 e. The third-order valence-electron chi connectivity index (χ3n) is 7.09. The van der Waals surface area contributed by atoms with Crippen LogP contribution in [0.25, 0.3) is 22.6 Å². The molecule has 1 aliphatic carbocycles. The summed E-state index contributed by atoms with van der Waals surface area (Å²) in [6, 6.07) is 3.08. The normalized spacial score (nSPS) is 20.7. The first-order chi connectivity index (χ1) is 17.6. The number of aromatic amines is 1. The Labute approximate surface area is 206 Å². The number of nitrogens with zero attached hydrogens (tertiary/aromatic N) is 5. The highest BCUT2D eigenvalue weighted by Gasteiger charge is 2.33. The van der Waals surface area contributed by atoms with Gasteiger partial charge in [-0.05, 0) is 44.4 Å². The zero-order valence-electron chi connectivity index (χ0n) is 20.0. The number of anilines is 1. The molecular formula is C24H30N8O4. The highest BCUT2D eigenvalue weighted by molar-refractivity contribution is 5.92. The molecule has 3 N–H and O–H groups in total. The van der Waals surface area contributed by atoms with Gasteiger partial charge in [0.15, 0.2) is 11.2 Å². The van der Waals surface area contributed by atoms with Crippen LogP contribution in [0, 0.1) is 0 Å². The summed E-state index contributed by atoms with van der Waals surface area (Å²) in [7, 11) is 0. The largest absolute Gasteiger partial charge is 0.379 e. The number of hydrogen-bond acceptors (Lipinski definition) is 9. The van der Waals surface area contributed by atoms with Crippen LogP contribution < -0.4 is 21.9 Å². The number of rotatable bonds is 7. The average molecular weight is 495 g/mol. The topological polar surface area (TPSA) is 139 Å². The van der Waals surface area contributed by atoms with E-state index >= 15 is 0 Å². The molecule has 0 aromatic carbocycles. The number of morpholine rings is 1. The van der Waals surface area contributed by atoms with Gasteiger partial charge >= 0.3 is 5.69 Å². The molecule has 190 valence electrons. The van der Waals surface area contributed by atoms with E-state index in [2.05, 4.69) is 30.5 Å². The summed E-state index contributed by atoms with van der Waals surface area (Å²) in [5, 5.41) is 6.47. The Morgan fingerprint density at radius 2 is 2.00 bits per heavy atom. The molecule has 6 rings (SSSR count). The molecule has 12 nitrogen and oxygen atoms in total. The van der Waals surface area contributed by atoms with Crippen molar-refractivity contribution in [3.8, 4) is 11.4 Å². The molecule has 3 aliphatic rings. The fourth-order valence-corrected chi connectivity index (χ4v) is 4.93. The predicted molar refractivity (Wildman–Crippen MR) is 134 cm³/mol. The molecule has 0 radical (unpaired) electrons. The molecule has 5 heterocycles. The number of carbonyl (C=O) groups excluding carboxylic acids is 1. The van der Waals surface area contributed by atoms with Gasteiger partial charge in [-0.1, -0.05) is 0 Å². The van der Waals surface area contributed by atoms with Crippen LogP contribution in [-0.2, 0) is 4.74 Å². The molecule has 1 atom stereocenters. The molecule has 12 heteroatoms. The fourth-order valence-electron chi connectivity index (χ4n) is 4.93. The van der Waals surface area contributed by atoms with Crippen molar-refractivity contribution in [1.29, 1.82) is 0 Å². The first-order valence-corrected chi connectivity index (χ1v) is 12.7. The van der Waals surface area contributed by atoms with Crippen LogP contribution in [0.15, 0.2) is 27.9 Å². The minimum absolute atomic E-state index is 0.0725. The van der Waals surface area contributed by atoms with Gasteiger partial charge in [-0.15, -0.1) is 0 Å². The van der Waals surface area contributed by atoms with E-state index in [-0.39, 0.29) is 23.1 Å². The van der Waals surface area contributed by atoms with Crippen molar-refractivity contribution >= 4 is 22.9 Å². The maximum atomic E-state index is 13.3. The van der Waals surface area contributed by atoms with Gasteiger partial charge in [0.25, 0.3) is 11.5 Å². The Bertz CT molecular complexity index is 1380. The molecule has 36 heavy (non-hydrogen) atoms. The Balaban J connectivity index is 1.28. The van der Waals surface area contributed by atoms with Crippen LogP contribution in [0.2, 0.25) is 0 Å².